The van der Waals surface area contributed by atoms with Crippen molar-refractivity contribution in [3.8, 4) is 0 Å². The Labute approximate surface area is 132 Å². The number of aromatic nitrogens is 3. The topological polar surface area (TPSA) is 59.8 Å². The number of aryl methyl sites for hydroxylation is 1. The minimum absolute atomic E-state index is 0.117. The third kappa shape index (κ3) is 3.32. The summed E-state index contributed by atoms with van der Waals surface area (Å²) in [5.41, 5.74) is 1.59. The summed E-state index contributed by atoms with van der Waals surface area (Å²) < 4.78 is 2.72. The lowest BCUT2D eigenvalue weighted by Crippen LogP contribution is -2.25. The van der Waals surface area contributed by atoms with Gasteiger partial charge in [-0.15, -0.1) is 10.2 Å². The molecule has 1 heterocycles. The lowest BCUT2D eigenvalue weighted by Gasteiger charge is -2.10. The number of carbonyl (C=O) groups excluding carboxylic acids is 1. The molecule has 0 bridgehead atoms. The van der Waals surface area contributed by atoms with Crippen molar-refractivity contribution in [3.05, 3.63) is 45.4 Å². The van der Waals surface area contributed by atoms with Crippen molar-refractivity contribution < 1.29 is 4.79 Å². The predicted octanol–water partition coefficient (Wildman–Crippen LogP) is 2.94. The van der Waals surface area contributed by atoms with Crippen LogP contribution in [-0.2, 0) is 13.6 Å². The zero-order valence-electron chi connectivity index (χ0n) is 12.6. The fraction of sp³-hybridized carbons (Fsp3) is 0.400. The average molecular weight is 351 g/mol. The first-order valence-electron chi connectivity index (χ1n) is 6.83. The third-order valence-corrected chi connectivity index (χ3v) is 4.03. The van der Waals surface area contributed by atoms with Crippen LogP contribution in [0.15, 0.2) is 22.7 Å². The van der Waals surface area contributed by atoms with Crippen LogP contribution in [0.4, 0.5) is 0 Å². The van der Waals surface area contributed by atoms with E-state index in [-0.39, 0.29) is 5.91 Å². The summed E-state index contributed by atoms with van der Waals surface area (Å²) in [7, 11) is 1.92. The summed E-state index contributed by atoms with van der Waals surface area (Å²) in [6.07, 6.45) is 0. The number of hydrogen-bond acceptors (Lipinski definition) is 3. The van der Waals surface area contributed by atoms with Crippen LogP contribution in [0.2, 0.25) is 0 Å². The van der Waals surface area contributed by atoms with Gasteiger partial charge in [-0.1, -0.05) is 26.0 Å². The molecule has 2 aromatic rings. The van der Waals surface area contributed by atoms with E-state index in [4.69, 9.17) is 0 Å². The third-order valence-electron chi connectivity index (χ3n) is 3.37. The van der Waals surface area contributed by atoms with Gasteiger partial charge in [-0.2, -0.15) is 0 Å². The Morgan fingerprint density at radius 3 is 2.67 bits per heavy atom. The minimum atomic E-state index is -0.117. The van der Waals surface area contributed by atoms with Gasteiger partial charge >= 0.3 is 0 Å². The van der Waals surface area contributed by atoms with Crippen molar-refractivity contribution in [2.45, 2.75) is 33.2 Å². The Morgan fingerprint density at radius 2 is 2.10 bits per heavy atom. The molecule has 0 atom stereocenters. The number of amides is 1. The van der Waals surface area contributed by atoms with Gasteiger partial charge in [0.15, 0.2) is 5.82 Å². The molecule has 0 saturated carbocycles. The Balaban J connectivity index is 2.12. The molecule has 0 unspecified atom stereocenters. The zero-order valence-corrected chi connectivity index (χ0v) is 14.2. The summed E-state index contributed by atoms with van der Waals surface area (Å²) in [6, 6.07) is 5.69. The van der Waals surface area contributed by atoms with Crippen LogP contribution in [0.25, 0.3) is 0 Å². The van der Waals surface area contributed by atoms with Gasteiger partial charge in [0.25, 0.3) is 5.91 Å². The maximum atomic E-state index is 12.3. The minimum Gasteiger partial charge on any atom is -0.345 e. The normalized spacial score (nSPS) is 11.0. The molecule has 1 N–H and O–H groups in total. The number of rotatable bonds is 4. The maximum Gasteiger partial charge on any atom is 0.253 e. The largest absolute Gasteiger partial charge is 0.345 e. The van der Waals surface area contributed by atoms with Gasteiger partial charge < -0.3 is 9.88 Å². The first kappa shape index (κ1) is 15.7. The van der Waals surface area contributed by atoms with Gasteiger partial charge in [0, 0.05) is 17.4 Å². The quantitative estimate of drug-likeness (QED) is 0.921. The van der Waals surface area contributed by atoms with Crippen molar-refractivity contribution in [3.63, 3.8) is 0 Å². The molecule has 0 fully saturated rings. The van der Waals surface area contributed by atoms with Gasteiger partial charge in [0.2, 0.25) is 0 Å². The van der Waals surface area contributed by atoms with Crippen LogP contribution >= 0.6 is 15.9 Å². The number of nitrogens with zero attached hydrogens (tertiary/aromatic N) is 3. The number of nitrogens with one attached hydrogen (secondary N) is 1. The molecule has 0 spiro atoms. The molecule has 5 nitrogen and oxygen atoms in total. The predicted molar refractivity (Wildman–Crippen MR) is 85.1 cm³/mol. The molecular weight excluding hydrogens is 332 g/mol. The van der Waals surface area contributed by atoms with E-state index < -0.39 is 0 Å². The number of hydrogen-bond donors (Lipinski definition) is 1. The molecule has 0 aliphatic rings. The average Bonchev–Trinajstić information content (AvgIpc) is 2.77. The standard InChI is InChI=1S/C15H19BrN4O/c1-9(2)14-19-18-12(20(14)4)8-17-15(21)13-10(3)6-5-7-11(13)16/h5-7,9H,8H2,1-4H3,(H,17,21). The second kappa shape index (κ2) is 6.39. The van der Waals surface area contributed by atoms with E-state index in [1.54, 1.807) is 0 Å². The summed E-state index contributed by atoms with van der Waals surface area (Å²) in [4.78, 5) is 12.3. The molecule has 1 amide bonds. The van der Waals surface area contributed by atoms with E-state index in [0.29, 0.717) is 18.0 Å². The highest BCUT2D eigenvalue weighted by Crippen LogP contribution is 2.20. The van der Waals surface area contributed by atoms with Crippen molar-refractivity contribution in [2.24, 2.45) is 7.05 Å². The van der Waals surface area contributed by atoms with Gasteiger partial charge in [0.1, 0.15) is 5.82 Å². The Hall–Kier alpha value is -1.69. The van der Waals surface area contributed by atoms with E-state index in [1.807, 2.05) is 36.7 Å². The smallest absolute Gasteiger partial charge is 0.253 e. The van der Waals surface area contributed by atoms with E-state index in [1.165, 1.54) is 0 Å². The molecule has 0 saturated heterocycles. The van der Waals surface area contributed by atoms with Crippen LogP contribution in [0.1, 0.15) is 47.3 Å². The van der Waals surface area contributed by atoms with Gasteiger partial charge in [-0.3, -0.25) is 4.79 Å². The summed E-state index contributed by atoms with van der Waals surface area (Å²) in [6.45, 7) is 6.41. The lowest BCUT2D eigenvalue weighted by atomic mass is 10.1. The zero-order chi connectivity index (χ0) is 15.6. The number of benzene rings is 1. The lowest BCUT2D eigenvalue weighted by molar-refractivity contribution is 0.0948. The molecule has 0 radical (unpaired) electrons. The molecule has 112 valence electrons. The molecule has 2 rings (SSSR count). The maximum absolute atomic E-state index is 12.3. The van der Waals surface area contributed by atoms with E-state index in [9.17, 15) is 4.79 Å². The van der Waals surface area contributed by atoms with Crippen molar-refractivity contribution in [2.75, 3.05) is 0 Å². The number of carbonyl (C=O) groups is 1. The molecule has 0 aliphatic heterocycles. The highest BCUT2D eigenvalue weighted by atomic mass is 79.9. The SMILES string of the molecule is Cc1cccc(Br)c1C(=O)NCc1nnc(C(C)C)n1C. The first-order chi connectivity index (χ1) is 9.91. The first-order valence-corrected chi connectivity index (χ1v) is 7.62. The highest BCUT2D eigenvalue weighted by Gasteiger charge is 2.15. The van der Waals surface area contributed by atoms with Crippen molar-refractivity contribution >= 4 is 21.8 Å². The Kier molecular flexibility index (Phi) is 4.77. The van der Waals surface area contributed by atoms with Crippen LogP contribution < -0.4 is 5.32 Å². The van der Waals surface area contributed by atoms with Crippen LogP contribution in [-0.4, -0.2) is 20.7 Å². The highest BCUT2D eigenvalue weighted by molar-refractivity contribution is 9.10. The van der Waals surface area contributed by atoms with E-state index in [2.05, 4.69) is 45.3 Å². The summed E-state index contributed by atoms with van der Waals surface area (Å²) in [5, 5.41) is 11.2. The van der Waals surface area contributed by atoms with Crippen molar-refractivity contribution in [1.82, 2.24) is 20.1 Å². The molecule has 0 aliphatic carbocycles. The Morgan fingerprint density at radius 1 is 1.38 bits per heavy atom. The van der Waals surface area contributed by atoms with E-state index >= 15 is 0 Å². The molecule has 6 heteroatoms. The Bertz CT molecular complexity index is 643. The second-order valence-corrected chi connectivity index (χ2v) is 6.16. The van der Waals surface area contributed by atoms with Crippen LogP contribution in [0.5, 0.6) is 0 Å². The van der Waals surface area contributed by atoms with Gasteiger partial charge in [-0.05, 0) is 34.5 Å². The van der Waals surface area contributed by atoms with Gasteiger partial charge in [-0.25, -0.2) is 0 Å². The molecular formula is C15H19BrN4O. The van der Waals surface area contributed by atoms with Crippen LogP contribution in [0, 0.1) is 6.92 Å². The monoisotopic (exact) mass is 350 g/mol. The molecule has 21 heavy (non-hydrogen) atoms. The van der Waals surface area contributed by atoms with Crippen molar-refractivity contribution in [1.29, 1.82) is 0 Å². The van der Waals surface area contributed by atoms with Gasteiger partial charge in [0.05, 0.1) is 12.1 Å². The molecule has 1 aromatic carbocycles. The van der Waals surface area contributed by atoms with Crippen LogP contribution in [0.3, 0.4) is 0 Å². The van der Waals surface area contributed by atoms with E-state index in [0.717, 1.165) is 21.7 Å². The molecule has 1 aromatic heterocycles. The summed E-state index contributed by atoms with van der Waals surface area (Å²) in [5.74, 6) is 1.85. The number of halogens is 1. The summed E-state index contributed by atoms with van der Waals surface area (Å²) >= 11 is 3.42. The second-order valence-electron chi connectivity index (χ2n) is 5.30. The fourth-order valence-corrected chi connectivity index (χ4v) is 2.84. The fourth-order valence-electron chi connectivity index (χ4n) is 2.20.